The van der Waals surface area contributed by atoms with Crippen molar-refractivity contribution in [2.45, 2.75) is 6.04 Å². The maximum atomic E-state index is 14.3. The zero-order valence-electron chi connectivity index (χ0n) is 16.3. The number of aromatic nitrogens is 2. The van der Waals surface area contributed by atoms with Gasteiger partial charge in [0.2, 0.25) is 0 Å². The molecule has 0 bridgehead atoms. The molecule has 10 heteroatoms. The minimum Gasteiger partial charge on any atom is -0.506 e. The molecule has 1 unspecified atom stereocenters. The molecule has 4 rings (SSSR count). The fourth-order valence-corrected chi connectivity index (χ4v) is 4.08. The molecule has 0 saturated carbocycles. The van der Waals surface area contributed by atoms with Crippen molar-refractivity contribution in [3.63, 3.8) is 0 Å². The van der Waals surface area contributed by atoms with E-state index in [4.69, 9.17) is 16.3 Å². The number of halogens is 3. The molecule has 2 heterocycles. The molecule has 0 aliphatic carbocycles. The van der Waals surface area contributed by atoms with Crippen LogP contribution in [-0.2, 0) is 4.74 Å². The Bertz CT molecular complexity index is 1100. The van der Waals surface area contributed by atoms with Gasteiger partial charge in [0, 0.05) is 23.1 Å². The Morgan fingerprint density at radius 2 is 1.94 bits per heavy atom. The van der Waals surface area contributed by atoms with E-state index in [1.807, 2.05) is 30.3 Å². The van der Waals surface area contributed by atoms with Gasteiger partial charge in [0.15, 0.2) is 11.6 Å². The van der Waals surface area contributed by atoms with Crippen LogP contribution in [0.15, 0.2) is 63.4 Å². The molecule has 31 heavy (non-hydrogen) atoms. The number of azo groups is 1. The minimum atomic E-state index is -0.670. The van der Waals surface area contributed by atoms with Crippen LogP contribution in [0.2, 0.25) is 5.02 Å². The molecule has 1 atom stereocenters. The Balaban J connectivity index is 1.71. The SMILES string of the molecule is Oc1c(Cl)cc(Br)cc1C(N=Nc1ncc(F)c(N2CCOCC2)n1)c1ccccc1. The van der Waals surface area contributed by atoms with Gasteiger partial charge >= 0.3 is 0 Å². The molecule has 0 radical (unpaired) electrons. The van der Waals surface area contributed by atoms with Crippen molar-refractivity contribution < 1.29 is 14.2 Å². The summed E-state index contributed by atoms with van der Waals surface area (Å²) in [5.41, 5.74) is 1.25. The first-order chi connectivity index (χ1) is 15.0. The summed E-state index contributed by atoms with van der Waals surface area (Å²) >= 11 is 9.55. The molecule has 3 aromatic rings. The Morgan fingerprint density at radius 1 is 1.19 bits per heavy atom. The lowest BCUT2D eigenvalue weighted by Crippen LogP contribution is -2.37. The number of aromatic hydroxyl groups is 1. The van der Waals surface area contributed by atoms with Crippen molar-refractivity contribution in [1.82, 2.24) is 9.97 Å². The lowest BCUT2D eigenvalue weighted by Gasteiger charge is -2.27. The fraction of sp³-hybridized carbons (Fsp3) is 0.238. The highest BCUT2D eigenvalue weighted by molar-refractivity contribution is 9.10. The van der Waals surface area contributed by atoms with Crippen molar-refractivity contribution in [2.75, 3.05) is 31.2 Å². The van der Waals surface area contributed by atoms with Crippen LogP contribution in [0.5, 0.6) is 5.75 Å². The Labute approximate surface area is 191 Å². The summed E-state index contributed by atoms with van der Waals surface area (Å²) in [7, 11) is 0. The van der Waals surface area contributed by atoms with Crippen LogP contribution < -0.4 is 4.90 Å². The number of hydrogen-bond donors (Lipinski definition) is 1. The van der Waals surface area contributed by atoms with Gasteiger partial charge in [0.1, 0.15) is 11.8 Å². The third kappa shape index (κ3) is 5.00. The number of ether oxygens (including phenoxy) is 1. The van der Waals surface area contributed by atoms with Gasteiger partial charge in [-0.05, 0) is 17.7 Å². The second-order valence-corrected chi connectivity index (χ2v) is 8.12. The molecule has 1 fully saturated rings. The van der Waals surface area contributed by atoms with Crippen LogP contribution in [0.25, 0.3) is 0 Å². The number of anilines is 1. The molecule has 1 aliphatic rings. The summed E-state index contributed by atoms with van der Waals surface area (Å²) in [4.78, 5) is 9.97. The number of benzene rings is 2. The van der Waals surface area contributed by atoms with Crippen molar-refractivity contribution in [1.29, 1.82) is 0 Å². The summed E-state index contributed by atoms with van der Waals surface area (Å²) in [5, 5.41) is 19.3. The van der Waals surface area contributed by atoms with Gasteiger partial charge in [-0.25, -0.2) is 9.37 Å². The van der Waals surface area contributed by atoms with Crippen LogP contribution in [0.1, 0.15) is 17.2 Å². The first-order valence-electron chi connectivity index (χ1n) is 9.52. The van der Waals surface area contributed by atoms with Crippen LogP contribution in [0, 0.1) is 5.82 Å². The molecule has 1 saturated heterocycles. The zero-order valence-corrected chi connectivity index (χ0v) is 18.6. The third-order valence-corrected chi connectivity index (χ3v) is 5.50. The first-order valence-corrected chi connectivity index (χ1v) is 10.7. The fourth-order valence-electron chi connectivity index (χ4n) is 3.24. The number of rotatable bonds is 5. The van der Waals surface area contributed by atoms with E-state index in [9.17, 15) is 9.50 Å². The number of morpholine rings is 1. The average molecular weight is 507 g/mol. The van der Waals surface area contributed by atoms with Crippen molar-refractivity contribution in [3.8, 4) is 5.75 Å². The molecule has 160 valence electrons. The van der Waals surface area contributed by atoms with Crippen LogP contribution in [0.4, 0.5) is 16.2 Å². The Hall–Kier alpha value is -2.62. The second kappa shape index (κ2) is 9.67. The largest absolute Gasteiger partial charge is 0.506 e. The molecular formula is C21H18BrClFN5O2. The Kier molecular flexibility index (Phi) is 6.74. The number of nitrogens with zero attached hydrogens (tertiary/aromatic N) is 5. The highest BCUT2D eigenvalue weighted by atomic mass is 79.9. The van der Waals surface area contributed by atoms with Crippen LogP contribution >= 0.6 is 27.5 Å². The van der Waals surface area contributed by atoms with Gasteiger partial charge in [0.05, 0.1) is 24.4 Å². The monoisotopic (exact) mass is 505 g/mol. The smallest absolute Gasteiger partial charge is 0.270 e. The average Bonchev–Trinajstić information content (AvgIpc) is 2.79. The molecule has 1 N–H and O–H groups in total. The quantitative estimate of drug-likeness (QED) is 0.466. The number of hydrogen-bond acceptors (Lipinski definition) is 7. The lowest BCUT2D eigenvalue weighted by atomic mass is 9.99. The highest BCUT2D eigenvalue weighted by Gasteiger charge is 2.21. The molecule has 0 amide bonds. The standard InChI is InChI=1S/C21H18BrClFN5O2/c22-14-10-15(19(30)16(23)11-14)18(13-4-2-1-3-5-13)27-28-21-25-12-17(24)20(26-21)29-6-8-31-9-7-29/h1-5,10-12,18,30H,6-9H2. The number of phenols is 1. The minimum absolute atomic E-state index is 0.0180. The molecule has 7 nitrogen and oxygen atoms in total. The van der Waals surface area contributed by atoms with Crippen LogP contribution in [-0.4, -0.2) is 41.4 Å². The van der Waals surface area contributed by atoms with Gasteiger partial charge in [-0.3, -0.25) is 0 Å². The molecule has 1 aromatic heterocycles. The van der Waals surface area contributed by atoms with E-state index in [1.165, 1.54) is 0 Å². The maximum absolute atomic E-state index is 14.3. The number of phenolic OH excluding ortho intramolecular Hbond substituents is 1. The van der Waals surface area contributed by atoms with Gasteiger partial charge in [-0.1, -0.05) is 57.9 Å². The lowest BCUT2D eigenvalue weighted by molar-refractivity contribution is 0.122. The highest BCUT2D eigenvalue weighted by Crippen LogP contribution is 2.39. The van der Waals surface area contributed by atoms with Gasteiger partial charge in [0.25, 0.3) is 5.95 Å². The summed E-state index contributed by atoms with van der Waals surface area (Å²) in [6.07, 6.45) is 1.08. The summed E-state index contributed by atoms with van der Waals surface area (Å²) in [6.45, 7) is 2.06. The van der Waals surface area contributed by atoms with Gasteiger partial charge in [-0.15, -0.1) is 5.11 Å². The van der Waals surface area contributed by atoms with E-state index < -0.39 is 11.9 Å². The van der Waals surface area contributed by atoms with E-state index in [1.54, 1.807) is 17.0 Å². The van der Waals surface area contributed by atoms with Crippen molar-refractivity contribution in [3.05, 3.63) is 75.1 Å². The maximum Gasteiger partial charge on any atom is 0.270 e. The molecule has 0 spiro atoms. The van der Waals surface area contributed by atoms with E-state index in [0.717, 1.165) is 11.8 Å². The predicted octanol–water partition coefficient (Wildman–Crippen LogP) is 5.45. The van der Waals surface area contributed by atoms with E-state index >= 15 is 0 Å². The summed E-state index contributed by atoms with van der Waals surface area (Å²) in [5.74, 6) is -0.440. The molecule has 1 aliphatic heterocycles. The summed E-state index contributed by atoms with van der Waals surface area (Å²) in [6, 6.07) is 12.0. The van der Waals surface area contributed by atoms with E-state index in [-0.39, 0.29) is 22.5 Å². The van der Waals surface area contributed by atoms with Crippen molar-refractivity contribution in [2.24, 2.45) is 10.2 Å². The summed E-state index contributed by atoms with van der Waals surface area (Å²) < 4.78 is 20.3. The van der Waals surface area contributed by atoms with E-state index in [0.29, 0.717) is 36.3 Å². The molecule has 2 aromatic carbocycles. The van der Waals surface area contributed by atoms with Crippen LogP contribution in [0.3, 0.4) is 0 Å². The predicted molar refractivity (Wildman–Crippen MR) is 119 cm³/mol. The van der Waals surface area contributed by atoms with Gasteiger partial charge in [-0.2, -0.15) is 10.1 Å². The van der Waals surface area contributed by atoms with E-state index in [2.05, 4.69) is 36.1 Å². The van der Waals surface area contributed by atoms with Crippen molar-refractivity contribution >= 4 is 39.3 Å². The molecular weight excluding hydrogens is 489 g/mol. The third-order valence-electron chi connectivity index (χ3n) is 4.75. The zero-order chi connectivity index (χ0) is 21.8. The normalized spacial score (nSPS) is 15.4. The van der Waals surface area contributed by atoms with Gasteiger partial charge < -0.3 is 14.7 Å². The first kappa shape index (κ1) is 21.6. The Morgan fingerprint density at radius 3 is 2.68 bits per heavy atom. The topological polar surface area (TPSA) is 83.2 Å². The second-order valence-electron chi connectivity index (χ2n) is 6.80.